The van der Waals surface area contributed by atoms with Crippen molar-refractivity contribution in [2.75, 3.05) is 23.3 Å². The SMILES string of the molecule is O=C(Nc1nc2cc(C(F)(F)F)ccc2s1)C1CCN(c2ccc3nncn3n2)CC1. The van der Waals surface area contributed by atoms with Crippen LogP contribution in [-0.2, 0) is 11.0 Å². The summed E-state index contributed by atoms with van der Waals surface area (Å²) in [7, 11) is 0. The van der Waals surface area contributed by atoms with Crippen LogP contribution in [0.1, 0.15) is 18.4 Å². The first-order valence-corrected chi connectivity index (χ1v) is 10.4. The summed E-state index contributed by atoms with van der Waals surface area (Å²) in [6, 6.07) is 7.11. The van der Waals surface area contributed by atoms with E-state index in [4.69, 9.17) is 0 Å². The third kappa shape index (κ3) is 3.90. The molecule has 1 saturated heterocycles. The minimum absolute atomic E-state index is 0.169. The number of nitrogens with zero attached hydrogens (tertiary/aromatic N) is 6. The summed E-state index contributed by atoms with van der Waals surface area (Å²) in [5.74, 6) is 0.419. The number of rotatable bonds is 3. The molecular formula is C19H16F3N7OS. The number of hydrogen-bond acceptors (Lipinski definition) is 7. The van der Waals surface area contributed by atoms with Gasteiger partial charge in [0.25, 0.3) is 0 Å². The van der Waals surface area contributed by atoms with E-state index < -0.39 is 11.7 Å². The van der Waals surface area contributed by atoms with E-state index in [0.717, 1.165) is 29.3 Å². The van der Waals surface area contributed by atoms with Crippen LogP contribution >= 0.6 is 11.3 Å². The van der Waals surface area contributed by atoms with Crippen molar-refractivity contribution in [3.8, 4) is 0 Å². The topological polar surface area (TPSA) is 88.3 Å². The third-order valence-corrected chi connectivity index (χ3v) is 6.23. The lowest BCUT2D eigenvalue weighted by atomic mass is 9.96. The summed E-state index contributed by atoms with van der Waals surface area (Å²) in [5.41, 5.74) is 0.130. The number of fused-ring (bicyclic) bond motifs is 2. The lowest BCUT2D eigenvalue weighted by molar-refractivity contribution is -0.137. The van der Waals surface area contributed by atoms with Crippen LogP contribution in [0.5, 0.6) is 0 Å². The molecule has 1 aliphatic rings. The van der Waals surface area contributed by atoms with Gasteiger partial charge in [0.1, 0.15) is 12.1 Å². The number of thiazole rings is 1. The standard InChI is InChI=1S/C19H16F3N7OS/c20-19(21,22)12-1-2-14-13(9-12)24-18(31-14)25-17(30)11-5-7-28(8-6-11)16-4-3-15-26-23-10-29(15)27-16/h1-4,9-11H,5-8H2,(H,24,25,30). The van der Waals surface area contributed by atoms with Crippen LogP contribution in [0, 0.1) is 5.92 Å². The quantitative estimate of drug-likeness (QED) is 0.516. The average molecular weight is 447 g/mol. The van der Waals surface area contributed by atoms with Crippen LogP contribution in [0.2, 0.25) is 0 Å². The third-order valence-electron chi connectivity index (χ3n) is 5.28. The number of piperidine rings is 1. The van der Waals surface area contributed by atoms with Crippen molar-refractivity contribution in [3.05, 3.63) is 42.2 Å². The molecule has 160 valence electrons. The van der Waals surface area contributed by atoms with Crippen molar-refractivity contribution in [2.24, 2.45) is 5.92 Å². The van der Waals surface area contributed by atoms with E-state index in [2.05, 4.69) is 30.5 Å². The number of carbonyl (C=O) groups is 1. The number of nitrogens with one attached hydrogen (secondary N) is 1. The van der Waals surface area contributed by atoms with Gasteiger partial charge in [0, 0.05) is 19.0 Å². The first-order valence-electron chi connectivity index (χ1n) is 9.57. The van der Waals surface area contributed by atoms with Crippen molar-refractivity contribution in [1.29, 1.82) is 0 Å². The van der Waals surface area contributed by atoms with Crippen molar-refractivity contribution in [1.82, 2.24) is 24.8 Å². The summed E-state index contributed by atoms with van der Waals surface area (Å²) >= 11 is 1.16. The van der Waals surface area contributed by atoms with Crippen LogP contribution < -0.4 is 10.2 Å². The van der Waals surface area contributed by atoms with Crippen molar-refractivity contribution in [2.45, 2.75) is 19.0 Å². The molecule has 1 amide bonds. The fraction of sp³-hybridized carbons (Fsp3) is 0.316. The molecule has 31 heavy (non-hydrogen) atoms. The highest BCUT2D eigenvalue weighted by atomic mass is 32.1. The highest BCUT2D eigenvalue weighted by Gasteiger charge is 2.31. The van der Waals surface area contributed by atoms with Gasteiger partial charge in [0.2, 0.25) is 5.91 Å². The summed E-state index contributed by atoms with van der Waals surface area (Å²) in [6.45, 7) is 1.32. The monoisotopic (exact) mass is 447 g/mol. The molecule has 0 saturated carbocycles. The summed E-state index contributed by atoms with van der Waals surface area (Å²) in [4.78, 5) is 18.9. The normalized spacial score (nSPS) is 15.6. The van der Waals surface area contributed by atoms with Gasteiger partial charge in [-0.2, -0.15) is 17.7 Å². The van der Waals surface area contributed by atoms with E-state index in [1.54, 1.807) is 4.52 Å². The molecule has 0 unspecified atom stereocenters. The lowest BCUT2D eigenvalue weighted by Gasteiger charge is -2.31. The number of amides is 1. The van der Waals surface area contributed by atoms with E-state index in [0.29, 0.717) is 41.4 Å². The van der Waals surface area contributed by atoms with Gasteiger partial charge in [0.15, 0.2) is 10.8 Å². The largest absolute Gasteiger partial charge is 0.416 e. The number of carbonyl (C=O) groups excluding carboxylic acids is 1. The zero-order chi connectivity index (χ0) is 21.6. The molecule has 1 fully saturated rings. The predicted octanol–water partition coefficient (Wildman–Crippen LogP) is 3.61. The molecule has 1 aromatic carbocycles. The Labute approximate surface area is 177 Å². The molecule has 1 N–H and O–H groups in total. The van der Waals surface area contributed by atoms with Gasteiger partial charge in [0.05, 0.1) is 15.8 Å². The molecule has 4 aromatic rings. The number of alkyl halides is 3. The molecule has 0 bridgehead atoms. The second-order valence-electron chi connectivity index (χ2n) is 7.28. The molecule has 12 heteroatoms. The Bertz CT molecular complexity index is 1260. The van der Waals surface area contributed by atoms with Gasteiger partial charge < -0.3 is 10.2 Å². The fourth-order valence-corrected chi connectivity index (χ4v) is 4.47. The van der Waals surface area contributed by atoms with Crippen LogP contribution in [0.15, 0.2) is 36.7 Å². The Hall–Kier alpha value is -3.28. The van der Waals surface area contributed by atoms with Gasteiger partial charge in [-0.3, -0.25) is 4.79 Å². The van der Waals surface area contributed by atoms with Gasteiger partial charge in [-0.05, 0) is 43.2 Å². The Morgan fingerprint density at radius 2 is 1.97 bits per heavy atom. The molecular weight excluding hydrogens is 431 g/mol. The first-order chi connectivity index (χ1) is 14.9. The zero-order valence-electron chi connectivity index (χ0n) is 16.0. The molecule has 5 rings (SSSR count). The Morgan fingerprint density at radius 3 is 2.74 bits per heavy atom. The van der Waals surface area contributed by atoms with Crippen molar-refractivity contribution in [3.63, 3.8) is 0 Å². The number of anilines is 2. The first kappa shape index (κ1) is 19.7. The maximum atomic E-state index is 12.9. The Morgan fingerprint density at radius 1 is 1.16 bits per heavy atom. The molecule has 1 aliphatic heterocycles. The van der Waals surface area contributed by atoms with Gasteiger partial charge in [-0.15, -0.1) is 15.3 Å². The summed E-state index contributed by atoms with van der Waals surface area (Å²) in [5, 5.41) is 15.3. The van der Waals surface area contributed by atoms with Crippen LogP contribution in [0.4, 0.5) is 24.1 Å². The van der Waals surface area contributed by atoms with E-state index >= 15 is 0 Å². The highest BCUT2D eigenvalue weighted by molar-refractivity contribution is 7.22. The molecule has 3 aromatic heterocycles. The maximum Gasteiger partial charge on any atom is 0.416 e. The molecule has 4 heterocycles. The number of halogens is 3. The van der Waals surface area contributed by atoms with E-state index in [1.807, 2.05) is 12.1 Å². The van der Waals surface area contributed by atoms with Crippen molar-refractivity contribution < 1.29 is 18.0 Å². The van der Waals surface area contributed by atoms with Gasteiger partial charge >= 0.3 is 6.18 Å². The molecule has 0 spiro atoms. The minimum Gasteiger partial charge on any atom is -0.355 e. The highest BCUT2D eigenvalue weighted by Crippen LogP contribution is 2.34. The van der Waals surface area contributed by atoms with Crippen LogP contribution in [-0.4, -0.2) is 43.8 Å². The second-order valence-corrected chi connectivity index (χ2v) is 8.31. The van der Waals surface area contributed by atoms with E-state index in [1.165, 1.54) is 12.4 Å². The van der Waals surface area contributed by atoms with Crippen molar-refractivity contribution >= 4 is 44.1 Å². The van der Waals surface area contributed by atoms with Crippen LogP contribution in [0.3, 0.4) is 0 Å². The zero-order valence-corrected chi connectivity index (χ0v) is 16.8. The molecule has 8 nitrogen and oxygen atoms in total. The van der Waals surface area contributed by atoms with Gasteiger partial charge in [-0.1, -0.05) is 11.3 Å². The fourth-order valence-electron chi connectivity index (χ4n) is 3.62. The van der Waals surface area contributed by atoms with E-state index in [9.17, 15) is 18.0 Å². The predicted molar refractivity (Wildman–Crippen MR) is 109 cm³/mol. The summed E-state index contributed by atoms with van der Waals surface area (Å²) < 4.78 is 40.8. The van der Waals surface area contributed by atoms with Crippen LogP contribution in [0.25, 0.3) is 15.9 Å². The number of hydrogen-bond donors (Lipinski definition) is 1. The minimum atomic E-state index is -4.43. The van der Waals surface area contributed by atoms with Gasteiger partial charge in [-0.25, -0.2) is 4.98 Å². The number of benzene rings is 1. The second kappa shape index (κ2) is 7.45. The number of aromatic nitrogens is 5. The van der Waals surface area contributed by atoms with E-state index in [-0.39, 0.29) is 17.3 Å². The molecule has 0 atom stereocenters. The smallest absolute Gasteiger partial charge is 0.355 e. The lowest BCUT2D eigenvalue weighted by Crippen LogP contribution is -2.38. The Kier molecular flexibility index (Phi) is 4.73. The maximum absolute atomic E-state index is 12.9. The summed E-state index contributed by atoms with van der Waals surface area (Å²) in [6.07, 6.45) is -1.62. The Balaban J connectivity index is 1.23. The average Bonchev–Trinajstić information content (AvgIpc) is 3.38. The molecule has 0 radical (unpaired) electrons. The molecule has 0 aliphatic carbocycles.